The predicted molar refractivity (Wildman–Crippen MR) is 101 cm³/mol. The van der Waals surface area contributed by atoms with Crippen LogP contribution in [-0.4, -0.2) is 20.8 Å². The van der Waals surface area contributed by atoms with Gasteiger partial charge in [0.15, 0.2) is 0 Å². The fraction of sp³-hybridized carbons (Fsp3) is 0.227. The fourth-order valence-electron chi connectivity index (χ4n) is 3.63. The van der Waals surface area contributed by atoms with Crippen molar-refractivity contribution < 1.29 is 4.79 Å². The lowest BCUT2D eigenvalue weighted by molar-refractivity contribution is 0.0651. The van der Waals surface area contributed by atoms with Gasteiger partial charge in [0, 0.05) is 18.9 Å². The van der Waals surface area contributed by atoms with E-state index in [0.717, 1.165) is 18.4 Å². The van der Waals surface area contributed by atoms with Gasteiger partial charge in [-0.1, -0.05) is 54.1 Å². The lowest BCUT2D eigenvalue weighted by atomic mass is 10.0. The summed E-state index contributed by atoms with van der Waals surface area (Å²) in [5.74, 6) is -0.0691. The number of nitrogens with zero attached hydrogens (tertiary/aromatic N) is 3. The average Bonchev–Trinajstić information content (AvgIpc) is 3.12. The summed E-state index contributed by atoms with van der Waals surface area (Å²) in [5, 5.41) is 0. The molecular formula is C22H21N3O. The molecular weight excluding hydrogens is 322 g/mol. The van der Waals surface area contributed by atoms with Crippen molar-refractivity contribution in [3.05, 3.63) is 95.1 Å². The van der Waals surface area contributed by atoms with Crippen LogP contribution in [0.25, 0.3) is 0 Å². The third kappa shape index (κ3) is 3.23. The molecule has 0 saturated heterocycles. The number of benzene rings is 2. The Morgan fingerprint density at radius 3 is 2.69 bits per heavy atom. The molecule has 1 aromatic heterocycles. The molecule has 26 heavy (non-hydrogen) atoms. The third-order valence-electron chi connectivity index (χ3n) is 4.99. The maximum absolute atomic E-state index is 13.2. The molecule has 130 valence electrons. The van der Waals surface area contributed by atoms with E-state index in [9.17, 15) is 4.79 Å². The molecule has 1 heterocycles. The van der Waals surface area contributed by atoms with Crippen LogP contribution >= 0.6 is 0 Å². The molecule has 0 N–H and O–H groups in total. The second kappa shape index (κ2) is 7.08. The van der Waals surface area contributed by atoms with Gasteiger partial charge < -0.3 is 4.90 Å². The van der Waals surface area contributed by atoms with Crippen LogP contribution in [0.5, 0.6) is 0 Å². The van der Waals surface area contributed by atoms with Gasteiger partial charge in [0.25, 0.3) is 5.91 Å². The number of fused-ring (bicyclic) bond motifs is 1. The second-order valence-electron chi connectivity index (χ2n) is 6.76. The summed E-state index contributed by atoms with van der Waals surface area (Å²) >= 11 is 0. The van der Waals surface area contributed by atoms with E-state index in [1.54, 1.807) is 18.6 Å². The standard InChI is InChI=1S/C22H21N3O/c1-16-6-8-17(9-7-16)15-25(22(26)20-14-23-12-13-24-20)21-11-10-18-4-2-3-5-19(18)21/h2-9,12-14,21H,10-11,15H2,1H3/t21-/m0/s1. The first-order valence-electron chi connectivity index (χ1n) is 8.93. The van der Waals surface area contributed by atoms with Crippen molar-refractivity contribution >= 4 is 5.91 Å². The normalized spacial score (nSPS) is 15.5. The zero-order chi connectivity index (χ0) is 17.9. The summed E-state index contributed by atoms with van der Waals surface area (Å²) < 4.78 is 0. The van der Waals surface area contributed by atoms with Gasteiger partial charge in [-0.2, -0.15) is 0 Å². The minimum atomic E-state index is -0.0691. The van der Waals surface area contributed by atoms with Crippen molar-refractivity contribution in [2.75, 3.05) is 0 Å². The monoisotopic (exact) mass is 343 g/mol. The first-order chi connectivity index (χ1) is 12.7. The Kier molecular flexibility index (Phi) is 4.48. The SMILES string of the molecule is Cc1ccc(CN(C(=O)c2cnccn2)[C@H]2CCc3ccccc32)cc1. The molecule has 0 aliphatic heterocycles. The third-order valence-corrected chi connectivity index (χ3v) is 4.99. The van der Waals surface area contributed by atoms with Crippen molar-refractivity contribution in [3.8, 4) is 0 Å². The molecule has 1 aliphatic rings. The van der Waals surface area contributed by atoms with Crippen molar-refractivity contribution in [1.29, 1.82) is 0 Å². The zero-order valence-electron chi connectivity index (χ0n) is 14.8. The minimum absolute atomic E-state index is 0.0691. The predicted octanol–water partition coefficient (Wildman–Crippen LogP) is 4.11. The molecule has 0 radical (unpaired) electrons. The van der Waals surface area contributed by atoms with Crippen LogP contribution in [0, 0.1) is 6.92 Å². The van der Waals surface area contributed by atoms with Gasteiger partial charge in [-0.3, -0.25) is 9.78 Å². The molecule has 0 fully saturated rings. The van der Waals surface area contributed by atoms with Gasteiger partial charge >= 0.3 is 0 Å². The smallest absolute Gasteiger partial charge is 0.274 e. The lowest BCUT2D eigenvalue weighted by Crippen LogP contribution is -2.34. The first kappa shape index (κ1) is 16.5. The van der Waals surface area contributed by atoms with Gasteiger partial charge in [0.1, 0.15) is 5.69 Å². The molecule has 0 spiro atoms. The molecule has 4 heteroatoms. The van der Waals surface area contributed by atoms with E-state index in [1.165, 1.54) is 16.7 Å². The highest BCUT2D eigenvalue weighted by Gasteiger charge is 2.32. The number of aryl methyl sites for hydroxylation is 2. The Labute approximate surface area is 153 Å². The Bertz CT molecular complexity index is 906. The summed E-state index contributed by atoms with van der Waals surface area (Å²) in [6, 6.07) is 16.8. The molecule has 1 amide bonds. The molecule has 0 bridgehead atoms. The number of aromatic nitrogens is 2. The molecule has 4 nitrogen and oxygen atoms in total. The summed E-state index contributed by atoms with van der Waals surface area (Å²) in [6.45, 7) is 2.63. The summed E-state index contributed by atoms with van der Waals surface area (Å²) in [7, 11) is 0. The van der Waals surface area contributed by atoms with Crippen molar-refractivity contribution in [2.24, 2.45) is 0 Å². The van der Waals surface area contributed by atoms with Gasteiger partial charge in [-0.15, -0.1) is 0 Å². The fourth-order valence-corrected chi connectivity index (χ4v) is 3.63. The van der Waals surface area contributed by atoms with Gasteiger partial charge in [-0.05, 0) is 36.5 Å². The molecule has 1 atom stereocenters. The topological polar surface area (TPSA) is 46.1 Å². The van der Waals surface area contributed by atoms with E-state index in [-0.39, 0.29) is 11.9 Å². The quantitative estimate of drug-likeness (QED) is 0.716. The van der Waals surface area contributed by atoms with Crippen molar-refractivity contribution in [1.82, 2.24) is 14.9 Å². The minimum Gasteiger partial charge on any atom is -0.326 e. The average molecular weight is 343 g/mol. The summed E-state index contributed by atoms with van der Waals surface area (Å²) in [6.07, 6.45) is 6.65. The van der Waals surface area contributed by atoms with Crippen LogP contribution < -0.4 is 0 Å². The highest BCUT2D eigenvalue weighted by Crippen LogP contribution is 2.37. The van der Waals surface area contributed by atoms with Gasteiger partial charge in [0.2, 0.25) is 0 Å². The highest BCUT2D eigenvalue weighted by molar-refractivity contribution is 5.92. The van der Waals surface area contributed by atoms with E-state index >= 15 is 0 Å². The molecule has 3 aromatic rings. The molecule has 2 aromatic carbocycles. The number of hydrogen-bond donors (Lipinski definition) is 0. The van der Waals surface area contributed by atoms with Gasteiger partial charge in [-0.25, -0.2) is 4.98 Å². The number of hydrogen-bond acceptors (Lipinski definition) is 3. The van der Waals surface area contributed by atoms with E-state index in [0.29, 0.717) is 12.2 Å². The molecule has 0 saturated carbocycles. The number of rotatable bonds is 4. The lowest BCUT2D eigenvalue weighted by Gasteiger charge is -2.29. The summed E-state index contributed by atoms with van der Waals surface area (Å²) in [4.78, 5) is 23.5. The van der Waals surface area contributed by atoms with Crippen molar-refractivity contribution in [2.45, 2.75) is 32.4 Å². The van der Waals surface area contributed by atoms with E-state index in [4.69, 9.17) is 0 Å². The second-order valence-corrected chi connectivity index (χ2v) is 6.76. The number of carbonyl (C=O) groups excluding carboxylic acids is 1. The van der Waals surface area contributed by atoms with Crippen molar-refractivity contribution in [3.63, 3.8) is 0 Å². The van der Waals surface area contributed by atoms with Crippen LogP contribution in [0.1, 0.15) is 45.2 Å². The van der Waals surface area contributed by atoms with E-state index in [1.807, 2.05) is 11.0 Å². The van der Waals surface area contributed by atoms with Crippen LogP contribution in [0.3, 0.4) is 0 Å². The molecule has 4 rings (SSSR count). The zero-order valence-corrected chi connectivity index (χ0v) is 14.8. The number of carbonyl (C=O) groups is 1. The first-order valence-corrected chi connectivity index (χ1v) is 8.93. The largest absolute Gasteiger partial charge is 0.326 e. The Hall–Kier alpha value is -3.01. The Morgan fingerprint density at radius 1 is 1.12 bits per heavy atom. The Morgan fingerprint density at radius 2 is 1.92 bits per heavy atom. The van der Waals surface area contributed by atoms with Crippen LogP contribution in [0.4, 0.5) is 0 Å². The molecule has 0 unspecified atom stereocenters. The van der Waals surface area contributed by atoms with Crippen LogP contribution in [0.2, 0.25) is 0 Å². The Balaban J connectivity index is 1.70. The van der Waals surface area contributed by atoms with Crippen LogP contribution in [0.15, 0.2) is 67.1 Å². The van der Waals surface area contributed by atoms with Gasteiger partial charge in [0.05, 0.1) is 12.2 Å². The van der Waals surface area contributed by atoms with E-state index < -0.39 is 0 Å². The van der Waals surface area contributed by atoms with E-state index in [2.05, 4.69) is 59.4 Å². The maximum Gasteiger partial charge on any atom is 0.274 e. The maximum atomic E-state index is 13.2. The van der Waals surface area contributed by atoms with Crippen LogP contribution in [-0.2, 0) is 13.0 Å². The summed E-state index contributed by atoms with van der Waals surface area (Å²) in [5.41, 5.74) is 5.31. The number of amides is 1. The molecule has 1 aliphatic carbocycles. The highest BCUT2D eigenvalue weighted by atomic mass is 16.2.